The van der Waals surface area contributed by atoms with Crippen LogP contribution in [0.3, 0.4) is 0 Å². The van der Waals surface area contributed by atoms with E-state index in [0.29, 0.717) is 16.7 Å². The third-order valence-corrected chi connectivity index (χ3v) is 3.59. The van der Waals surface area contributed by atoms with Gasteiger partial charge in [-0.25, -0.2) is 14.4 Å². The van der Waals surface area contributed by atoms with Crippen molar-refractivity contribution in [1.82, 2.24) is 9.97 Å². The zero-order chi connectivity index (χ0) is 13.8. The Hall–Kier alpha value is -1.20. The van der Waals surface area contributed by atoms with Gasteiger partial charge in [-0.2, -0.15) is 0 Å². The molecule has 0 radical (unpaired) electrons. The number of benzene rings is 1. The van der Waals surface area contributed by atoms with Crippen molar-refractivity contribution in [3.8, 4) is 0 Å². The van der Waals surface area contributed by atoms with Crippen molar-refractivity contribution in [1.29, 1.82) is 0 Å². The van der Waals surface area contributed by atoms with Crippen LogP contribution in [0.5, 0.6) is 0 Å². The van der Waals surface area contributed by atoms with E-state index in [2.05, 4.69) is 31.2 Å². The quantitative estimate of drug-likeness (QED) is 0.815. The summed E-state index contributed by atoms with van der Waals surface area (Å²) in [5, 5.41) is 3.51. The third-order valence-electron chi connectivity index (χ3n) is 2.57. The Morgan fingerprint density at radius 3 is 2.89 bits per heavy atom. The van der Waals surface area contributed by atoms with Gasteiger partial charge in [-0.05, 0) is 40.5 Å². The van der Waals surface area contributed by atoms with Crippen LogP contribution in [-0.2, 0) is 6.42 Å². The second-order valence-corrected chi connectivity index (χ2v) is 5.20. The molecule has 2 aromatic rings. The van der Waals surface area contributed by atoms with Gasteiger partial charge in [-0.3, -0.25) is 0 Å². The largest absolute Gasteiger partial charge is 0.339 e. The molecule has 0 aliphatic heterocycles. The molecule has 0 amide bonds. The van der Waals surface area contributed by atoms with Crippen LogP contribution in [0.2, 0.25) is 5.15 Å². The van der Waals surface area contributed by atoms with Crippen LogP contribution in [0, 0.1) is 5.82 Å². The minimum atomic E-state index is -0.317. The lowest BCUT2D eigenvalue weighted by molar-refractivity contribution is 0.628. The predicted molar refractivity (Wildman–Crippen MR) is 78.4 cm³/mol. The Kier molecular flexibility index (Phi) is 4.71. The van der Waals surface area contributed by atoms with Gasteiger partial charge in [-0.1, -0.05) is 24.9 Å². The molecule has 100 valence electrons. The fourth-order valence-corrected chi connectivity index (χ4v) is 2.26. The van der Waals surface area contributed by atoms with Crippen LogP contribution in [-0.4, -0.2) is 9.97 Å². The number of anilines is 2. The first-order chi connectivity index (χ1) is 9.11. The maximum Gasteiger partial charge on any atom is 0.138 e. The maximum absolute atomic E-state index is 13.3. The summed E-state index contributed by atoms with van der Waals surface area (Å²) in [5.41, 5.74) is 1.44. The maximum atomic E-state index is 13.3. The SMILES string of the molecule is CCCc1c(Cl)ncnc1Nc1cc(F)ccc1Br. The Labute approximate surface area is 124 Å². The molecule has 1 aromatic carbocycles. The van der Waals surface area contributed by atoms with Crippen molar-refractivity contribution in [2.45, 2.75) is 19.8 Å². The van der Waals surface area contributed by atoms with Crippen molar-refractivity contribution in [2.24, 2.45) is 0 Å². The highest BCUT2D eigenvalue weighted by Crippen LogP contribution is 2.29. The summed E-state index contributed by atoms with van der Waals surface area (Å²) in [6, 6.07) is 4.42. The minimum Gasteiger partial charge on any atom is -0.339 e. The van der Waals surface area contributed by atoms with Crippen LogP contribution in [0.4, 0.5) is 15.9 Å². The van der Waals surface area contributed by atoms with Crippen molar-refractivity contribution >= 4 is 39.0 Å². The molecule has 0 fully saturated rings. The lowest BCUT2D eigenvalue weighted by atomic mass is 10.2. The predicted octanol–water partition coefficient (Wildman–Crippen LogP) is 4.73. The molecule has 1 N–H and O–H groups in total. The zero-order valence-corrected chi connectivity index (χ0v) is 12.6. The standard InChI is InChI=1S/C13H12BrClFN3/c1-2-3-9-12(15)17-7-18-13(9)19-11-6-8(16)4-5-10(11)14/h4-7H,2-3H2,1H3,(H,17,18,19). The molecule has 6 heteroatoms. The molecular formula is C13H12BrClFN3. The van der Waals surface area contributed by atoms with E-state index in [1.54, 1.807) is 6.07 Å². The molecule has 0 spiro atoms. The number of hydrogen-bond donors (Lipinski definition) is 1. The first-order valence-electron chi connectivity index (χ1n) is 5.83. The fraction of sp³-hybridized carbons (Fsp3) is 0.231. The first-order valence-corrected chi connectivity index (χ1v) is 7.00. The molecule has 0 atom stereocenters. The Balaban J connectivity index is 2.37. The molecule has 0 saturated heterocycles. The molecule has 19 heavy (non-hydrogen) atoms. The zero-order valence-electron chi connectivity index (χ0n) is 10.3. The molecule has 1 aromatic heterocycles. The van der Waals surface area contributed by atoms with E-state index >= 15 is 0 Å². The molecule has 3 nitrogen and oxygen atoms in total. The van der Waals surface area contributed by atoms with Crippen LogP contribution < -0.4 is 5.32 Å². The highest BCUT2D eigenvalue weighted by Gasteiger charge is 2.11. The van der Waals surface area contributed by atoms with Gasteiger partial charge in [0.2, 0.25) is 0 Å². The highest BCUT2D eigenvalue weighted by atomic mass is 79.9. The number of nitrogens with zero attached hydrogens (tertiary/aromatic N) is 2. The Bertz CT molecular complexity index is 592. The smallest absolute Gasteiger partial charge is 0.138 e. The van der Waals surface area contributed by atoms with E-state index in [1.807, 2.05) is 6.92 Å². The van der Waals surface area contributed by atoms with E-state index in [-0.39, 0.29) is 5.82 Å². The number of aromatic nitrogens is 2. The summed E-state index contributed by atoms with van der Waals surface area (Å²) >= 11 is 9.43. The van der Waals surface area contributed by atoms with Gasteiger partial charge in [0.15, 0.2) is 0 Å². The second-order valence-electron chi connectivity index (χ2n) is 3.99. The van der Waals surface area contributed by atoms with Crippen LogP contribution in [0.15, 0.2) is 29.0 Å². The van der Waals surface area contributed by atoms with Crippen LogP contribution in [0.25, 0.3) is 0 Å². The Morgan fingerprint density at radius 1 is 1.37 bits per heavy atom. The molecule has 0 bridgehead atoms. The van der Waals surface area contributed by atoms with Gasteiger partial charge < -0.3 is 5.32 Å². The molecule has 0 aliphatic carbocycles. The molecule has 2 rings (SSSR count). The summed E-state index contributed by atoms with van der Waals surface area (Å²) in [6.45, 7) is 2.05. The highest BCUT2D eigenvalue weighted by molar-refractivity contribution is 9.10. The van der Waals surface area contributed by atoms with Gasteiger partial charge in [0.1, 0.15) is 23.1 Å². The van der Waals surface area contributed by atoms with Gasteiger partial charge in [0.25, 0.3) is 0 Å². The number of nitrogens with one attached hydrogen (secondary N) is 1. The van der Waals surface area contributed by atoms with E-state index in [1.165, 1.54) is 18.5 Å². The van der Waals surface area contributed by atoms with E-state index in [4.69, 9.17) is 11.6 Å². The average molecular weight is 345 g/mol. The Morgan fingerprint density at radius 2 is 2.16 bits per heavy atom. The monoisotopic (exact) mass is 343 g/mol. The summed E-state index contributed by atoms with van der Waals surface area (Å²) in [7, 11) is 0. The molecule has 0 saturated carbocycles. The number of hydrogen-bond acceptors (Lipinski definition) is 3. The minimum absolute atomic E-state index is 0.317. The fourth-order valence-electron chi connectivity index (χ4n) is 1.69. The van der Waals surface area contributed by atoms with Crippen molar-refractivity contribution in [2.75, 3.05) is 5.32 Å². The summed E-state index contributed by atoms with van der Waals surface area (Å²) in [5.74, 6) is 0.288. The van der Waals surface area contributed by atoms with Gasteiger partial charge >= 0.3 is 0 Å². The van der Waals surface area contributed by atoms with Crippen LogP contribution >= 0.6 is 27.5 Å². The van der Waals surface area contributed by atoms with Gasteiger partial charge in [0, 0.05) is 10.0 Å². The third kappa shape index (κ3) is 3.42. The van der Waals surface area contributed by atoms with Crippen molar-refractivity contribution in [3.05, 3.63) is 45.5 Å². The number of halogens is 3. The normalized spacial score (nSPS) is 10.5. The summed E-state index contributed by atoms with van der Waals surface area (Å²) in [6.07, 6.45) is 3.07. The lowest BCUT2D eigenvalue weighted by Crippen LogP contribution is -2.02. The van der Waals surface area contributed by atoms with Crippen molar-refractivity contribution in [3.63, 3.8) is 0 Å². The van der Waals surface area contributed by atoms with Gasteiger partial charge in [0.05, 0.1) is 5.69 Å². The summed E-state index contributed by atoms with van der Waals surface area (Å²) in [4.78, 5) is 8.14. The number of rotatable bonds is 4. The first kappa shape index (κ1) is 14.2. The van der Waals surface area contributed by atoms with Gasteiger partial charge in [-0.15, -0.1) is 0 Å². The molecule has 0 aliphatic rings. The average Bonchev–Trinajstić information content (AvgIpc) is 2.38. The lowest BCUT2D eigenvalue weighted by Gasteiger charge is -2.12. The molecular weight excluding hydrogens is 333 g/mol. The van der Waals surface area contributed by atoms with E-state index < -0.39 is 0 Å². The van der Waals surface area contributed by atoms with E-state index in [9.17, 15) is 4.39 Å². The summed E-state index contributed by atoms with van der Waals surface area (Å²) < 4.78 is 14.0. The second kappa shape index (κ2) is 6.30. The molecule has 0 unspecified atom stereocenters. The van der Waals surface area contributed by atoms with Crippen molar-refractivity contribution < 1.29 is 4.39 Å². The van der Waals surface area contributed by atoms with Crippen LogP contribution in [0.1, 0.15) is 18.9 Å². The van der Waals surface area contributed by atoms with E-state index in [0.717, 1.165) is 22.9 Å². The topological polar surface area (TPSA) is 37.8 Å². The molecule has 1 heterocycles.